The first kappa shape index (κ1) is 32.4. The van der Waals surface area contributed by atoms with E-state index in [2.05, 4.69) is 20.6 Å². The van der Waals surface area contributed by atoms with E-state index >= 15 is 0 Å². The molecule has 45 heavy (non-hydrogen) atoms. The van der Waals surface area contributed by atoms with Gasteiger partial charge >= 0.3 is 22.2 Å². The van der Waals surface area contributed by atoms with E-state index in [0.29, 0.717) is 10.9 Å². The first-order valence-corrected chi connectivity index (χ1v) is 14.3. The molecule has 4 heterocycles. The van der Waals surface area contributed by atoms with Crippen LogP contribution in [0, 0.1) is 0 Å². The Bertz CT molecular complexity index is 1890. The summed E-state index contributed by atoms with van der Waals surface area (Å²) in [5.74, 6) is -6.69. The van der Waals surface area contributed by atoms with Crippen LogP contribution in [0.5, 0.6) is 5.75 Å². The van der Waals surface area contributed by atoms with Gasteiger partial charge in [0.15, 0.2) is 16.6 Å². The van der Waals surface area contributed by atoms with Gasteiger partial charge in [0, 0.05) is 17.5 Å². The minimum absolute atomic E-state index is 0.0201. The number of β-lactam (4-membered cyclic amide) rings is 1. The third-order valence-electron chi connectivity index (χ3n) is 5.93. The SMILES string of the molecule is CC(C)(O/N=C(\C(=O)N[C@@H]1C(=O)N(S(=O)(=O)O)[C@@H]1COC(=O)c1cc(-c2cc(=O)c(O)cn2O)no1)c1csc(N)n1)C(=O)O. The summed E-state index contributed by atoms with van der Waals surface area (Å²) in [6.45, 7) is 1.30. The Morgan fingerprint density at radius 1 is 1.27 bits per heavy atom. The van der Waals surface area contributed by atoms with E-state index in [-0.39, 0.29) is 26.5 Å². The highest BCUT2D eigenvalue weighted by Gasteiger charge is 2.55. The van der Waals surface area contributed by atoms with Gasteiger partial charge in [-0.1, -0.05) is 10.3 Å². The largest absolute Gasteiger partial charge is 0.503 e. The van der Waals surface area contributed by atoms with E-state index in [9.17, 15) is 52.4 Å². The van der Waals surface area contributed by atoms with Gasteiger partial charge in [-0.25, -0.2) is 18.9 Å². The Labute approximate surface area is 253 Å². The lowest BCUT2D eigenvalue weighted by molar-refractivity contribution is -0.161. The molecule has 1 fully saturated rings. The molecule has 1 aliphatic rings. The fourth-order valence-corrected chi connectivity index (χ4v) is 4.98. The smallest absolute Gasteiger partial charge is 0.377 e. The minimum Gasteiger partial charge on any atom is -0.503 e. The molecular weight excluding hydrogens is 650 g/mol. The van der Waals surface area contributed by atoms with Gasteiger partial charge in [-0.05, 0) is 13.8 Å². The van der Waals surface area contributed by atoms with Crippen LogP contribution in [-0.4, -0.2) is 101 Å². The molecule has 3 aromatic rings. The second-order valence-electron chi connectivity index (χ2n) is 9.48. The van der Waals surface area contributed by atoms with Gasteiger partial charge in [-0.15, -0.1) is 11.3 Å². The van der Waals surface area contributed by atoms with Crippen LogP contribution in [0.2, 0.25) is 0 Å². The average molecular weight is 672 g/mol. The molecule has 23 heteroatoms. The van der Waals surface area contributed by atoms with Crippen molar-refractivity contribution in [1.82, 2.24) is 24.5 Å². The predicted molar refractivity (Wildman–Crippen MR) is 145 cm³/mol. The number of aromatic nitrogens is 3. The van der Waals surface area contributed by atoms with Gasteiger partial charge in [-0.3, -0.25) is 18.9 Å². The fourth-order valence-electron chi connectivity index (χ4n) is 3.56. The zero-order chi connectivity index (χ0) is 33.4. The standard InChI is InChI=1S/C22H21N7O14S2/c1-22(2,20(35)36)43-27-15(9-7-44-21(23)24-9)17(32)25-16-11(29(18(16)33)45(38,39)40)6-41-19(34)14-3-8(26-42-14)10-4-12(30)13(31)5-28(10)37/h3-5,7,11,16,31,37H,6H2,1-2H3,(H2,23,24)(H,25,32)(H,35,36)(H,38,39,40)/b27-15-/t11-,16+/m1/s1. The van der Waals surface area contributed by atoms with Crippen LogP contribution < -0.4 is 16.5 Å². The molecule has 1 aliphatic heterocycles. The van der Waals surface area contributed by atoms with Crippen molar-refractivity contribution in [2.24, 2.45) is 5.16 Å². The fraction of sp³-hybridized carbons (Fsp3) is 0.273. The number of nitrogens with two attached hydrogens (primary N) is 1. The number of nitrogen functional groups attached to an aromatic ring is 1. The highest BCUT2D eigenvalue weighted by molar-refractivity contribution is 7.84. The number of hydrogen-bond donors (Lipinski definition) is 6. The second kappa shape index (κ2) is 11.9. The Morgan fingerprint density at radius 2 is 1.96 bits per heavy atom. The number of amides is 2. The molecule has 1 saturated heterocycles. The lowest BCUT2D eigenvalue weighted by atomic mass is 9.99. The number of rotatable bonds is 11. The molecule has 3 aromatic heterocycles. The lowest BCUT2D eigenvalue weighted by Crippen LogP contribution is -2.73. The number of nitrogens with one attached hydrogen (secondary N) is 1. The monoisotopic (exact) mass is 671 g/mol. The second-order valence-corrected chi connectivity index (χ2v) is 11.7. The van der Waals surface area contributed by atoms with Crippen LogP contribution in [0.3, 0.4) is 0 Å². The number of anilines is 1. The van der Waals surface area contributed by atoms with E-state index < -0.39 is 81.0 Å². The normalized spacial score (nSPS) is 17.0. The third kappa shape index (κ3) is 6.68. The molecule has 240 valence electrons. The molecule has 7 N–H and O–H groups in total. The van der Waals surface area contributed by atoms with Crippen LogP contribution in [0.4, 0.5) is 5.13 Å². The number of hydrogen-bond acceptors (Lipinski definition) is 17. The molecule has 0 saturated carbocycles. The zero-order valence-electron chi connectivity index (χ0n) is 22.7. The number of carboxylic acid groups (broad SMARTS) is 1. The molecule has 2 amide bonds. The Kier molecular flexibility index (Phi) is 8.53. The molecule has 0 aliphatic carbocycles. The zero-order valence-corrected chi connectivity index (χ0v) is 24.3. The summed E-state index contributed by atoms with van der Waals surface area (Å²) in [7, 11) is -5.22. The summed E-state index contributed by atoms with van der Waals surface area (Å²) in [5, 5.41) is 39.0. The number of carbonyl (C=O) groups excluding carboxylic acids is 3. The van der Waals surface area contributed by atoms with E-state index in [1.165, 1.54) is 5.38 Å². The van der Waals surface area contributed by atoms with Gasteiger partial charge in [0.2, 0.25) is 16.8 Å². The van der Waals surface area contributed by atoms with Crippen molar-refractivity contribution in [2.75, 3.05) is 12.3 Å². The van der Waals surface area contributed by atoms with E-state index in [0.717, 1.165) is 37.3 Å². The number of thiazole rings is 1. The number of oxime groups is 1. The van der Waals surface area contributed by atoms with Crippen molar-refractivity contribution in [1.29, 1.82) is 0 Å². The van der Waals surface area contributed by atoms with Crippen LogP contribution in [0.1, 0.15) is 30.1 Å². The summed E-state index contributed by atoms with van der Waals surface area (Å²) in [5.41, 5.74) is 1.39. The minimum atomic E-state index is -5.22. The van der Waals surface area contributed by atoms with Crippen molar-refractivity contribution in [2.45, 2.75) is 31.5 Å². The van der Waals surface area contributed by atoms with Gasteiger partial charge in [-0.2, -0.15) is 13.1 Å². The number of aliphatic carboxylic acids is 1. The maximum Gasteiger partial charge on any atom is 0.377 e. The Morgan fingerprint density at radius 3 is 2.56 bits per heavy atom. The quantitative estimate of drug-likeness (QED) is 0.0334. The van der Waals surface area contributed by atoms with Gasteiger partial charge < -0.3 is 40.6 Å². The molecular formula is C22H21N7O14S2. The van der Waals surface area contributed by atoms with Gasteiger partial charge in [0.1, 0.15) is 35.8 Å². The van der Waals surface area contributed by atoms with Gasteiger partial charge in [0.25, 0.3) is 11.8 Å². The predicted octanol–water partition coefficient (Wildman–Crippen LogP) is -1.58. The van der Waals surface area contributed by atoms with Crippen LogP contribution in [0.25, 0.3) is 11.4 Å². The van der Waals surface area contributed by atoms with Crippen LogP contribution in [0.15, 0.2) is 38.2 Å². The number of aromatic hydroxyl groups is 1. The number of carbonyl (C=O) groups is 4. The first-order valence-electron chi connectivity index (χ1n) is 12.0. The topological polar surface area (TPSA) is 316 Å². The molecule has 0 aromatic carbocycles. The molecule has 0 radical (unpaired) electrons. The molecule has 0 unspecified atom stereocenters. The number of pyridine rings is 1. The maximum absolute atomic E-state index is 13.1. The highest BCUT2D eigenvalue weighted by Crippen LogP contribution is 2.26. The number of ether oxygens (including phenoxy) is 1. The summed E-state index contributed by atoms with van der Waals surface area (Å²) in [6.07, 6.45) is 0.662. The lowest BCUT2D eigenvalue weighted by Gasteiger charge is -2.43. The van der Waals surface area contributed by atoms with Crippen molar-refractivity contribution in [3.05, 3.63) is 45.4 Å². The third-order valence-corrected chi connectivity index (χ3v) is 7.56. The first-order chi connectivity index (χ1) is 20.9. The van der Waals surface area contributed by atoms with E-state index in [4.69, 9.17) is 19.8 Å². The van der Waals surface area contributed by atoms with E-state index in [1.807, 2.05) is 0 Å². The average Bonchev–Trinajstić information content (AvgIpc) is 3.60. The summed E-state index contributed by atoms with van der Waals surface area (Å²) in [6, 6.07) is -1.74. The van der Waals surface area contributed by atoms with Crippen molar-refractivity contribution in [3.8, 4) is 17.1 Å². The maximum atomic E-state index is 13.1. The van der Waals surface area contributed by atoms with Gasteiger partial charge in [0.05, 0.1) is 6.20 Å². The summed E-state index contributed by atoms with van der Waals surface area (Å²) >= 11 is 0.878. The molecule has 21 nitrogen and oxygen atoms in total. The summed E-state index contributed by atoms with van der Waals surface area (Å²) in [4.78, 5) is 70.3. The molecule has 2 atom stereocenters. The Hall–Kier alpha value is -5.55. The molecule has 4 rings (SSSR count). The summed E-state index contributed by atoms with van der Waals surface area (Å²) < 4.78 is 43.3. The van der Waals surface area contributed by atoms with Crippen molar-refractivity contribution < 1.29 is 61.7 Å². The molecule has 0 spiro atoms. The van der Waals surface area contributed by atoms with Crippen LogP contribution >= 0.6 is 11.3 Å². The highest BCUT2D eigenvalue weighted by atomic mass is 32.2. The van der Waals surface area contributed by atoms with Crippen molar-refractivity contribution >= 4 is 56.2 Å². The Balaban J connectivity index is 1.54. The van der Waals surface area contributed by atoms with Crippen molar-refractivity contribution in [3.63, 3.8) is 0 Å². The van der Waals surface area contributed by atoms with Crippen LogP contribution in [-0.2, 0) is 34.3 Å². The van der Waals surface area contributed by atoms with E-state index in [1.54, 1.807) is 0 Å². The number of esters is 1. The number of carboxylic acids is 1. The molecule has 0 bridgehead atoms. The number of nitrogens with zero attached hydrogens (tertiary/aromatic N) is 5.